The molecule has 0 amide bonds. The minimum atomic E-state index is -0.111. The van der Waals surface area contributed by atoms with E-state index in [1.807, 2.05) is 25.3 Å². The number of methoxy groups -OCH3 is 1. The molecule has 0 spiro atoms. The molecule has 1 atom stereocenters. The van der Waals surface area contributed by atoms with Crippen molar-refractivity contribution in [1.29, 1.82) is 0 Å². The van der Waals surface area contributed by atoms with E-state index in [4.69, 9.17) is 10.5 Å². The highest BCUT2D eigenvalue weighted by atomic mass is 16.5. The van der Waals surface area contributed by atoms with Crippen molar-refractivity contribution in [2.45, 2.75) is 51.5 Å². The van der Waals surface area contributed by atoms with Crippen LogP contribution in [0.15, 0.2) is 42.6 Å². The first-order valence-electron chi connectivity index (χ1n) is 10.0. The molecule has 3 aromatic rings. The number of rotatable bonds is 10. The number of unbranched alkanes of at least 4 members (excludes halogenated alkanes) is 2. The first-order chi connectivity index (χ1) is 13.6. The SMILES string of the molecule is CCC(=O)CCCCC[C@H](N)c1ncc(-c2ccc3cc(OC)ccc3c2)[nH]1. The fourth-order valence-electron chi connectivity index (χ4n) is 3.37. The Labute approximate surface area is 166 Å². The molecule has 0 radical (unpaired) electrons. The molecule has 0 aliphatic heterocycles. The van der Waals surface area contributed by atoms with Crippen molar-refractivity contribution in [3.05, 3.63) is 48.4 Å². The third kappa shape index (κ3) is 4.98. The fourth-order valence-corrected chi connectivity index (χ4v) is 3.37. The Kier molecular flexibility index (Phi) is 6.82. The molecule has 3 N–H and O–H groups in total. The van der Waals surface area contributed by atoms with Gasteiger partial charge in [-0.25, -0.2) is 4.98 Å². The van der Waals surface area contributed by atoms with E-state index in [1.165, 1.54) is 0 Å². The number of hydrogen-bond donors (Lipinski definition) is 2. The van der Waals surface area contributed by atoms with Gasteiger partial charge in [-0.2, -0.15) is 0 Å². The van der Waals surface area contributed by atoms with Crippen LogP contribution in [0.2, 0.25) is 0 Å². The molecule has 148 valence electrons. The zero-order valence-electron chi connectivity index (χ0n) is 16.7. The lowest BCUT2D eigenvalue weighted by atomic mass is 10.0. The number of carbonyl (C=O) groups is 1. The molecule has 5 nitrogen and oxygen atoms in total. The van der Waals surface area contributed by atoms with Crippen molar-refractivity contribution in [2.75, 3.05) is 7.11 Å². The Morgan fingerprint density at radius 1 is 1.14 bits per heavy atom. The molecule has 0 aliphatic carbocycles. The molecule has 28 heavy (non-hydrogen) atoms. The molecule has 0 saturated heterocycles. The molecular formula is C23H29N3O2. The summed E-state index contributed by atoms with van der Waals surface area (Å²) < 4.78 is 5.28. The number of ether oxygens (including phenoxy) is 1. The number of nitrogens with zero attached hydrogens (tertiary/aromatic N) is 1. The van der Waals surface area contributed by atoms with Gasteiger partial charge in [-0.05, 0) is 41.8 Å². The van der Waals surface area contributed by atoms with Crippen LogP contribution in [0.1, 0.15) is 57.3 Å². The summed E-state index contributed by atoms with van der Waals surface area (Å²) in [6, 6.07) is 12.3. The van der Waals surface area contributed by atoms with Crippen molar-refractivity contribution in [1.82, 2.24) is 9.97 Å². The van der Waals surface area contributed by atoms with E-state index < -0.39 is 0 Å². The molecule has 2 aromatic carbocycles. The van der Waals surface area contributed by atoms with Crippen molar-refractivity contribution < 1.29 is 9.53 Å². The first-order valence-corrected chi connectivity index (χ1v) is 10.0. The van der Waals surface area contributed by atoms with Crippen LogP contribution >= 0.6 is 0 Å². The molecule has 0 unspecified atom stereocenters. The minimum Gasteiger partial charge on any atom is -0.497 e. The number of hydrogen-bond acceptors (Lipinski definition) is 4. The average molecular weight is 380 g/mol. The van der Waals surface area contributed by atoms with E-state index in [-0.39, 0.29) is 6.04 Å². The summed E-state index contributed by atoms with van der Waals surface area (Å²) in [5.74, 6) is 2.01. The van der Waals surface area contributed by atoms with Gasteiger partial charge in [0.1, 0.15) is 17.4 Å². The maximum atomic E-state index is 11.3. The third-order valence-corrected chi connectivity index (χ3v) is 5.17. The number of H-pyrrole nitrogens is 1. The first kappa shape index (κ1) is 20.1. The number of imidazole rings is 1. The Morgan fingerprint density at radius 2 is 1.93 bits per heavy atom. The van der Waals surface area contributed by atoms with Gasteiger partial charge < -0.3 is 15.5 Å². The van der Waals surface area contributed by atoms with E-state index in [2.05, 4.69) is 34.2 Å². The second kappa shape index (κ2) is 9.51. The van der Waals surface area contributed by atoms with Gasteiger partial charge in [0.2, 0.25) is 0 Å². The lowest BCUT2D eigenvalue weighted by Crippen LogP contribution is -2.12. The van der Waals surface area contributed by atoms with Crippen LogP contribution in [0.5, 0.6) is 5.75 Å². The number of carbonyl (C=O) groups excluding carboxylic acids is 1. The van der Waals surface area contributed by atoms with E-state index in [9.17, 15) is 4.79 Å². The highest BCUT2D eigenvalue weighted by molar-refractivity contribution is 5.87. The maximum Gasteiger partial charge on any atom is 0.132 e. The summed E-state index contributed by atoms with van der Waals surface area (Å²) in [6.45, 7) is 1.92. The standard InChI is InChI=1S/C23H29N3O2/c1-3-19(27)7-5-4-6-8-21(24)23-25-15-22(26-23)18-10-9-17-14-20(28-2)12-11-16(17)13-18/h9-15,21H,3-8,24H2,1-2H3,(H,25,26)/t21-/m0/s1. The lowest BCUT2D eigenvalue weighted by molar-refractivity contribution is -0.118. The van der Waals surface area contributed by atoms with Gasteiger partial charge in [-0.1, -0.05) is 38.0 Å². The smallest absolute Gasteiger partial charge is 0.132 e. The molecule has 0 bridgehead atoms. The Morgan fingerprint density at radius 3 is 2.71 bits per heavy atom. The van der Waals surface area contributed by atoms with E-state index >= 15 is 0 Å². The quantitative estimate of drug-likeness (QED) is 0.476. The van der Waals surface area contributed by atoms with Crippen LogP contribution in [0.3, 0.4) is 0 Å². The number of nitrogens with one attached hydrogen (secondary N) is 1. The molecular weight excluding hydrogens is 350 g/mol. The van der Waals surface area contributed by atoms with Crippen molar-refractivity contribution >= 4 is 16.6 Å². The van der Waals surface area contributed by atoms with Gasteiger partial charge in [-0.3, -0.25) is 4.79 Å². The van der Waals surface area contributed by atoms with Crippen LogP contribution < -0.4 is 10.5 Å². The summed E-state index contributed by atoms with van der Waals surface area (Å²) in [7, 11) is 1.68. The largest absolute Gasteiger partial charge is 0.497 e. The topological polar surface area (TPSA) is 81.0 Å². The Hall–Kier alpha value is -2.66. The monoisotopic (exact) mass is 379 g/mol. The number of benzene rings is 2. The van der Waals surface area contributed by atoms with Gasteiger partial charge in [0.15, 0.2) is 0 Å². The number of aromatic nitrogens is 2. The number of fused-ring (bicyclic) bond motifs is 1. The second-order valence-electron chi connectivity index (χ2n) is 7.21. The molecule has 0 saturated carbocycles. The minimum absolute atomic E-state index is 0.111. The lowest BCUT2D eigenvalue weighted by Gasteiger charge is -2.08. The molecule has 0 aliphatic rings. The average Bonchev–Trinajstić information content (AvgIpc) is 3.22. The second-order valence-corrected chi connectivity index (χ2v) is 7.21. The molecule has 1 heterocycles. The van der Waals surface area contributed by atoms with Gasteiger partial charge in [0, 0.05) is 18.4 Å². The van der Waals surface area contributed by atoms with Crippen LogP contribution in [0.4, 0.5) is 0 Å². The zero-order chi connectivity index (χ0) is 19.9. The third-order valence-electron chi connectivity index (χ3n) is 5.17. The maximum absolute atomic E-state index is 11.3. The van der Waals surface area contributed by atoms with Crippen LogP contribution in [0, 0.1) is 0 Å². The Bertz CT molecular complexity index is 932. The predicted octanol–water partition coefficient (Wildman–Crippen LogP) is 5.17. The zero-order valence-corrected chi connectivity index (χ0v) is 16.7. The van der Waals surface area contributed by atoms with Crippen LogP contribution in [-0.2, 0) is 4.79 Å². The summed E-state index contributed by atoms with van der Waals surface area (Å²) in [5, 5.41) is 2.29. The van der Waals surface area contributed by atoms with Crippen molar-refractivity contribution in [3.8, 4) is 17.0 Å². The number of nitrogens with two attached hydrogens (primary N) is 1. The number of Topliss-reactive ketones (excluding diaryl/α,β-unsaturated/α-hetero) is 1. The van der Waals surface area contributed by atoms with Gasteiger partial charge in [0.25, 0.3) is 0 Å². The molecule has 3 rings (SSSR count). The van der Waals surface area contributed by atoms with E-state index in [0.717, 1.165) is 59.3 Å². The Balaban J connectivity index is 1.60. The fraction of sp³-hybridized carbons (Fsp3) is 0.391. The summed E-state index contributed by atoms with van der Waals surface area (Å²) in [6.07, 6.45) is 7.02. The highest BCUT2D eigenvalue weighted by Crippen LogP contribution is 2.27. The van der Waals surface area contributed by atoms with Gasteiger partial charge in [-0.15, -0.1) is 0 Å². The van der Waals surface area contributed by atoms with Crippen molar-refractivity contribution in [2.24, 2.45) is 5.73 Å². The summed E-state index contributed by atoms with van der Waals surface area (Å²) >= 11 is 0. The number of ketones is 1. The van der Waals surface area contributed by atoms with Crippen LogP contribution in [0.25, 0.3) is 22.0 Å². The summed E-state index contributed by atoms with van der Waals surface area (Å²) in [4.78, 5) is 19.2. The predicted molar refractivity (Wildman–Crippen MR) is 113 cm³/mol. The van der Waals surface area contributed by atoms with E-state index in [0.29, 0.717) is 18.6 Å². The number of aromatic amines is 1. The van der Waals surface area contributed by atoms with Crippen LogP contribution in [-0.4, -0.2) is 22.9 Å². The van der Waals surface area contributed by atoms with E-state index in [1.54, 1.807) is 7.11 Å². The van der Waals surface area contributed by atoms with Gasteiger partial charge in [0.05, 0.1) is 25.0 Å². The molecule has 1 aromatic heterocycles. The van der Waals surface area contributed by atoms with Gasteiger partial charge >= 0.3 is 0 Å². The molecule has 5 heteroatoms. The van der Waals surface area contributed by atoms with Crippen molar-refractivity contribution in [3.63, 3.8) is 0 Å². The molecule has 0 fully saturated rings. The summed E-state index contributed by atoms with van der Waals surface area (Å²) in [5.41, 5.74) is 8.36. The highest BCUT2D eigenvalue weighted by Gasteiger charge is 2.11. The normalized spacial score (nSPS) is 12.2.